The highest BCUT2D eigenvalue weighted by atomic mass is 16.5. The van der Waals surface area contributed by atoms with Gasteiger partial charge in [-0.05, 0) is 24.2 Å². The zero-order valence-corrected chi connectivity index (χ0v) is 7.06. The molecule has 2 N–H and O–H groups in total. The van der Waals surface area contributed by atoms with Crippen molar-refractivity contribution < 1.29 is 4.52 Å². The largest absolute Gasteiger partial charge is 0.365 e. The molecule has 5 heteroatoms. The van der Waals surface area contributed by atoms with Gasteiger partial charge in [0.1, 0.15) is 0 Å². The lowest BCUT2D eigenvalue weighted by atomic mass is 10.2. The van der Waals surface area contributed by atoms with E-state index < -0.39 is 0 Å². The van der Waals surface area contributed by atoms with Crippen LogP contribution in [-0.4, -0.2) is 15.1 Å². The third kappa shape index (κ3) is 1.35. The number of nitrogens with two attached hydrogens (primary N) is 1. The molecule has 5 nitrogen and oxygen atoms in total. The van der Waals surface area contributed by atoms with E-state index in [1.165, 1.54) is 0 Å². The summed E-state index contributed by atoms with van der Waals surface area (Å²) in [5.74, 6) is 0.543. The molecule has 0 spiro atoms. The van der Waals surface area contributed by atoms with Gasteiger partial charge in [-0.3, -0.25) is 4.98 Å². The number of hydrogen-bond acceptors (Lipinski definition) is 5. The van der Waals surface area contributed by atoms with Gasteiger partial charge in [0.2, 0.25) is 0 Å². The number of pyridine rings is 1. The molecule has 2 heterocycles. The fourth-order valence-corrected chi connectivity index (χ4v) is 1.05. The van der Waals surface area contributed by atoms with Crippen molar-refractivity contribution in [1.29, 1.82) is 0 Å². The summed E-state index contributed by atoms with van der Waals surface area (Å²) in [6.45, 7) is 1.87. The number of anilines is 1. The minimum absolute atomic E-state index is 0.137. The number of hydrogen-bond donors (Lipinski definition) is 1. The minimum atomic E-state index is 0.137. The van der Waals surface area contributed by atoms with Crippen LogP contribution in [0.15, 0.2) is 22.9 Å². The summed E-state index contributed by atoms with van der Waals surface area (Å²) in [5, 5.41) is 3.50. The lowest BCUT2D eigenvalue weighted by Gasteiger charge is -1.96. The Morgan fingerprint density at radius 2 is 2.31 bits per heavy atom. The van der Waals surface area contributed by atoms with Gasteiger partial charge in [0.15, 0.2) is 0 Å². The van der Waals surface area contributed by atoms with Crippen LogP contribution in [0.5, 0.6) is 0 Å². The van der Waals surface area contributed by atoms with Gasteiger partial charge >= 0.3 is 0 Å². The molecule has 0 fully saturated rings. The van der Waals surface area contributed by atoms with E-state index in [2.05, 4.69) is 15.1 Å². The van der Waals surface area contributed by atoms with Crippen LogP contribution in [0.4, 0.5) is 5.95 Å². The Labute approximate surface area is 74.6 Å². The topological polar surface area (TPSA) is 77.8 Å². The summed E-state index contributed by atoms with van der Waals surface area (Å²) in [7, 11) is 0. The van der Waals surface area contributed by atoms with Gasteiger partial charge in [-0.25, -0.2) is 0 Å². The molecule has 66 valence electrons. The average Bonchev–Trinajstić information content (AvgIpc) is 2.53. The Kier molecular flexibility index (Phi) is 1.70. The van der Waals surface area contributed by atoms with Crippen molar-refractivity contribution in [3.8, 4) is 11.5 Å². The molecule has 0 aliphatic carbocycles. The van der Waals surface area contributed by atoms with E-state index in [4.69, 9.17) is 10.3 Å². The van der Waals surface area contributed by atoms with Crippen LogP contribution in [0, 0.1) is 6.92 Å². The Balaban J connectivity index is 2.52. The molecule has 0 bridgehead atoms. The van der Waals surface area contributed by atoms with E-state index in [1.54, 1.807) is 6.20 Å². The highest BCUT2D eigenvalue weighted by molar-refractivity contribution is 5.56. The molecule has 0 saturated carbocycles. The number of aromatic nitrogens is 3. The molecule has 0 saturated heterocycles. The van der Waals surface area contributed by atoms with Crippen molar-refractivity contribution in [2.75, 3.05) is 5.73 Å². The lowest BCUT2D eigenvalue weighted by molar-refractivity contribution is 0.432. The molecule has 13 heavy (non-hydrogen) atoms. The maximum Gasteiger partial charge on any atom is 0.261 e. The number of rotatable bonds is 1. The number of nitrogen functional groups attached to an aromatic ring is 1. The molecule has 2 aromatic rings. The zero-order valence-electron chi connectivity index (χ0n) is 7.06. The lowest BCUT2D eigenvalue weighted by Crippen LogP contribution is -1.88. The van der Waals surface area contributed by atoms with E-state index >= 15 is 0 Å². The molecule has 0 atom stereocenters. The molecular formula is C8H8N4O. The first-order chi connectivity index (χ1) is 6.27. The molecule has 0 aliphatic rings. The van der Waals surface area contributed by atoms with E-state index in [0.717, 1.165) is 11.3 Å². The average molecular weight is 176 g/mol. The van der Waals surface area contributed by atoms with E-state index in [9.17, 15) is 0 Å². The van der Waals surface area contributed by atoms with Crippen LogP contribution in [0.3, 0.4) is 0 Å². The molecule has 0 radical (unpaired) electrons. The predicted molar refractivity (Wildman–Crippen MR) is 46.7 cm³/mol. The second-order valence-electron chi connectivity index (χ2n) is 2.59. The van der Waals surface area contributed by atoms with Crippen LogP contribution in [0.1, 0.15) is 5.69 Å². The van der Waals surface area contributed by atoms with Gasteiger partial charge in [-0.15, -0.1) is 0 Å². The summed E-state index contributed by atoms with van der Waals surface area (Å²) >= 11 is 0. The second-order valence-corrected chi connectivity index (χ2v) is 2.59. The van der Waals surface area contributed by atoms with Gasteiger partial charge in [-0.1, -0.05) is 0 Å². The first-order valence-corrected chi connectivity index (χ1v) is 3.78. The second kappa shape index (κ2) is 2.85. The van der Waals surface area contributed by atoms with Crippen molar-refractivity contribution >= 4 is 5.95 Å². The van der Waals surface area contributed by atoms with Crippen LogP contribution < -0.4 is 5.73 Å². The standard InChI is InChI=1S/C8H8N4O/c1-5-6(3-2-4-10-5)7-11-8(9)12-13-7/h2-4H,1H3,(H2,9,12). The highest BCUT2D eigenvalue weighted by Gasteiger charge is 2.08. The van der Waals surface area contributed by atoms with E-state index in [-0.39, 0.29) is 5.95 Å². The fourth-order valence-electron chi connectivity index (χ4n) is 1.05. The molecule has 2 rings (SSSR count). The van der Waals surface area contributed by atoms with Gasteiger partial charge in [0.05, 0.1) is 5.56 Å². The summed E-state index contributed by atoms with van der Waals surface area (Å²) in [5.41, 5.74) is 6.98. The quantitative estimate of drug-likeness (QED) is 0.701. The molecule has 0 aromatic carbocycles. The van der Waals surface area contributed by atoms with Gasteiger partial charge < -0.3 is 10.3 Å². The number of nitrogens with zero attached hydrogens (tertiary/aromatic N) is 3. The minimum Gasteiger partial charge on any atom is -0.365 e. The SMILES string of the molecule is Cc1ncccc1-c1nc(N)no1. The summed E-state index contributed by atoms with van der Waals surface area (Å²) < 4.78 is 4.91. The summed E-state index contributed by atoms with van der Waals surface area (Å²) in [6.07, 6.45) is 1.71. The van der Waals surface area contributed by atoms with E-state index in [0.29, 0.717) is 5.89 Å². The van der Waals surface area contributed by atoms with Crippen molar-refractivity contribution in [2.45, 2.75) is 6.92 Å². The maximum absolute atomic E-state index is 5.33. The van der Waals surface area contributed by atoms with Crippen molar-refractivity contribution in [3.05, 3.63) is 24.0 Å². The van der Waals surface area contributed by atoms with Crippen LogP contribution in [0.25, 0.3) is 11.5 Å². The fraction of sp³-hybridized carbons (Fsp3) is 0.125. The maximum atomic E-state index is 5.33. The molecule has 0 amide bonds. The zero-order chi connectivity index (χ0) is 9.26. The Morgan fingerprint density at radius 1 is 1.46 bits per heavy atom. The monoisotopic (exact) mass is 176 g/mol. The van der Waals surface area contributed by atoms with Crippen LogP contribution in [-0.2, 0) is 0 Å². The van der Waals surface area contributed by atoms with E-state index in [1.807, 2.05) is 19.1 Å². The third-order valence-electron chi connectivity index (χ3n) is 1.68. The molecular weight excluding hydrogens is 168 g/mol. The van der Waals surface area contributed by atoms with Crippen molar-refractivity contribution in [3.63, 3.8) is 0 Å². The summed E-state index contributed by atoms with van der Waals surface area (Å²) in [6, 6.07) is 3.66. The Bertz CT molecular complexity index is 424. The molecule has 0 aliphatic heterocycles. The third-order valence-corrected chi connectivity index (χ3v) is 1.68. The Hall–Kier alpha value is -1.91. The van der Waals surface area contributed by atoms with Gasteiger partial charge in [-0.2, -0.15) is 4.98 Å². The highest BCUT2D eigenvalue weighted by Crippen LogP contribution is 2.19. The van der Waals surface area contributed by atoms with Crippen molar-refractivity contribution in [2.24, 2.45) is 0 Å². The first-order valence-electron chi connectivity index (χ1n) is 3.78. The molecule has 2 aromatic heterocycles. The summed E-state index contributed by atoms with van der Waals surface area (Å²) in [4.78, 5) is 8.00. The first kappa shape index (κ1) is 7.72. The Morgan fingerprint density at radius 3 is 2.92 bits per heavy atom. The smallest absolute Gasteiger partial charge is 0.261 e. The van der Waals surface area contributed by atoms with Crippen LogP contribution in [0.2, 0.25) is 0 Å². The van der Waals surface area contributed by atoms with Crippen LogP contribution >= 0.6 is 0 Å². The normalized spacial score (nSPS) is 10.2. The molecule has 0 unspecified atom stereocenters. The number of aryl methyl sites for hydroxylation is 1. The van der Waals surface area contributed by atoms with Crippen molar-refractivity contribution in [1.82, 2.24) is 15.1 Å². The van der Waals surface area contributed by atoms with Gasteiger partial charge in [0, 0.05) is 11.9 Å². The van der Waals surface area contributed by atoms with Gasteiger partial charge in [0.25, 0.3) is 11.8 Å². The predicted octanol–water partition coefficient (Wildman–Crippen LogP) is 1.02.